The van der Waals surface area contributed by atoms with Gasteiger partial charge >= 0.3 is 6.18 Å². The van der Waals surface area contributed by atoms with Gasteiger partial charge in [0.15, 0.2) is 0 Å². The third-order valence-corrected chi connectivity index (χ3v) is 4.12. The number of nitrogens with one attached hydrogen (secondary N) is 1. The highest BCUT2D eigenvalue weighted by molar-refractivity contribution is 6.04. The molecule has 120 valence electrons. The second-order valence-corrected chi connectivity index (χ2v) is 5.68. The van der Waals surface area contributed by atoms with Gasteiger partial charge in [0.1, 0.15) is 0 Å². The van der Waals surface area contributed by atoms with Crippen LogP contribution in [0.3, 0.4) is 0 Å². The molecule has 3 rings (SSSR count). The first-order valence-corrected chi connectivity index (χ1v) is 7.54. The zero-order valence-corrected chi connectivity index (χ0v) is 12.4. The van der Waals surface area contributed by atoms with Crippen molar-refractivity contribution in [3.8, 4) is 0 Å². The van der Waals surface area contributed by atoms with Gasteiger partial charge in [-0.15, -0.1) is 0 Å². The molecule has 0 unspecified atom stereocenters. The maximum absolute atomic E-state index is 12.6. The molecule has 2 nitrogen and oxygen atoms in total. The number of halogens is 3. The normalized spacial score (nSPS) is 14.2. The van der Waals surface area contributed by atoms with Crippen molar-refractivity contribution in [2.45, 2.75) is 31.9 Å². The van der Waals surface area contributed by atoms with Gasteiger partial charge in [-0.25, -0.2) is 0 Å². The number of aryl methyl sites for hydroxylation is 1. The Morgan fingerprint density at radius 1 is 0.957 bits per heavy atom. The summed E-state index contributed by atoms with van der Waals surface area (Å²) in [7, 11) is 0. The molecule has 0 aromatic heterocycles. The van der Waals surface area contributed by atoms with E-state index in [4.69, 9.17) is 0 Å². The van der Waals surface area contributed by atoms with Gasteiger partial charge in [0.05, 0.1) is 5.56 Å². The second kappa shape index (κ2) is 6.07. The number of fused-ring (bicyclic) bond motifs is 1. The molecule has 0 fully saturated rings. The third kappa shape index (κ3) is 3.38. The minimum Gasteiger partial charge on any atom is -0.322 e. The van der Waals surface area contributed by atoms with Gasteiger partial charge in [-0.1, -0.05) is 12.1 Å². The van der Waals surface area contributed by atoms with E-state index >= 15 is 0 Å². The predicted molar refractivity (Wildman–Crippen MR) is 82.5 cm³/mol. The van der Waals surface area contributed by atoms with Crippen LogP contribution in [0.25, 0.3) is 0 Å². The minimum absolute atomic E-state index is 0.214. The first-order valence-electron chi connectivity index (χ1n) is 7.54. The van der Waals surface area contributed by atoms with Crippen LogP contribution < -0.4 is 5.32 Å². The monoisotopic (exact) mass is 319 g/mol. The number of carbonyl (C=O) groups is 1. The van der Waals surface area contributed by atoms with Gasteiger partial charge in [-0.05, 0) is 67.1 Å². The van der Waals surface area contributed by atoms with Gasteiger partial charge in [0, 0.05) is 11.3 Å². The number of amides is 1. The molecule has 1 aliphatic carbocycles. The van der Waals surface area contributed by atoms with Crippen LogP contribution in [0, 0.1) is 0 Å². The number of hydrogen-bond acceptors (Lipinski definition) is 1. The highest BCUT2D eigenvalue weighted by atomic mass is 19.4. The number of anilines is 1. The van der Waals surface area contributed by atoms with Crippen molar-refractivity contribution >= 4 is 11.6 Å². The Kier molecular flexibility index (Phi) is 4.11. The summed E-state index contributed by atoms with van der Waals surface area (Å²) in [5.74, 6) is -0.391. The van der Waals surface area contributed by atoms with Crippen molar-refractivity contribution in [3.63, 3.8) is 0 Å². The van der Waals surface area contributed by atoms with Crippen molar-refractivity contribution < 1.29 is 18.0 Å². The first-order chi connectivity index (χ1) is 10.9. The van der Waals surface area contributed by atoms with E-state index < -0.39 is 17.6 Å². The van der Waals surface area contributed by atoms with Crippen LogP contribution in [-0.4, -0.2) is 5.91 Å². The molecule has 0 radical (unpaired) electrons. The predicted octanol–water partition coefficient (Wildman–Crippen LogP) is 4.84. The molecular formula is C18H16F3NO. The molecule has 1 amide bonds. The highest BCUT2D eigenvalue weighted by Crippen LogP contribution is 2.30. The fourth-order valence-corrected chi connectivity index (χ4v) is 2.90. The molecule has 0 heterocycles. The van der Waals surface area contributed by atoms with Gasteiger partial charge in [0.25, 0.3) is 5.91 Å². The number of rotatable bonds is 2. The number of alkyl halides is 3. The summed E-state index contributed by atoms with van der Waals surface area (Å²) in [5.41, 5.74) is 2.59. The molecule has 5 heteroatoms. The molecular weight excluding hydrogens is 303 g/mol. The lowest BCUT2D eigenvalue weighted by Gasteiger charge is -2.19. The van der Waals surface area contributed by atoms with E-state index in [1.807, 2.05) is 12.1 Å². The van der Waals surface area contributed by atoms with E-state index in [1.165, 1.54) is 17.7 Å². The molecule has 2 aromatic rings. The van der Waals surface area contributed by atoms with Gasteiger partial charge in [-0.3, -0.25) is 4.79 Å². The van der Waals surface area contributed by atoms with Crippen molar-refractivity contribution in [3.05, 3.63) is 64.7 Å². The second-order valence-electron chi connectivity index (χ2n) is 5.68. The van der Waals surface area contributed by atoms with Crippen LogP contribution >= 0.6 is 0 Å². The molecule has 0 saturated heterocycles. The van der Waals surface area contributed by atoms with Gasteiger partial charge in [0.2, 0.25) is 0 Å². The number of carbonyl (C=O) groups excluding carboxylic acids is 1. The van der Waals surface area contributed by atoms with Crippen molar-refractivity contribution in [2.24, 2.45) is 0 Å². The maximum Gasteiger partial charge on any atom is 0.416 e. The Balaban J connectivity index is 1.80. The summed E-state index contributed by atoms with van der Waals surface area (Å²) >= 11 is 0. The smallest absolute Gasteiger partial charge is 0.322 e. The summed E-state index contributed by atoms with van der Waals surface area (Å²) in [6.45, 7) is 0. The Morgan fingerprint density at radius 2 is 1.65 bits per heavy atom. The molecule has 1 N–H and O–H groups in total. The molecule has 0 saturated carbocycles. The maximum atomic E-state index is 12.6. The Morgan fingerprint density at radius 3 is 2.35 bits per heavy atom. The molecule has 0 aliphatic heterocycles. The molecule has 2 aromatic carbocycles. The van der Waals surface area contributed by atoms with E-state index in [0.717, 1.165) is 49.1 Å². The van der Waals surface area contributed by atoms with E-state index in [9.17, 15) is 18.0 Å². The quantitative estimate of drug-likeness (QED) is 0.843. The Bertz CT molecular complexity index is 720. The van der Waals surface area contributed by atoms with Crippen molar-refractivity contribution in [2.75, 3.05) is 5.32 Å². The zero-order chi connectivity index (χ0) is 16.4. The largest absolute Gasteiger partial charge is 0.416 e. The van der Waals surface area contributed by atoms with E-state index in [0.29, 0.717) is 0 Å². The Hall–Kier alpha value is -2.30. The fourth-order valence-electron chi connectivity index (χ4n) is 2.90. The summed E-state index contributed by atoms with van der Waals surface area (Å²) in [5, 5.41) is 2.82. The van der Waals surface area contributed by atoms with Crippen LogP contribution in [-0.2, 0) is 19.0 Å². The minimum atomic E-state index is -4.40. The summed E-state index contributed by atoms with van der Waals surface area (Å²) in [4.78, 5) is 12.3. The number of hydrogen-bond donors (Lipinski definition) is 1. The molecule has 0 spiro atoms. The van der Waals surface area contributed by atoms with Crippen LogP contribution in [0.4, 0.5) is 18.9 Å². The summed E-state index contributed by atoms with van der Waals surface area (Å²) in [6.07, 6.45) is -0.255. The van der Waals surface area contributed by atoms with Crippen LogP contribution in [0.2, 0.25) is 0 Å². The van der Waals surface area contributed by atoms with E-state index in [-0.39, 0.29) is 5.56 Å². The summed E-state index contributed by atoms with van der Waals surface area (Å²) in [6, 6.07) is 10.0. The average molecular weight is 319 g/mol. The van der Waals surface area contributed by atoms with E-state index in [2.05, 4.69) is 11.4 Å². The highest BCUT2D eigenvalue weighted by Gasteiger charge is 2.30. The summed E-state index contributed by atoms with van der Waals surface area (Å²) < 4.78 is 37.7. The lowest BCUT2D eigenvalue weighted by atomic mass is 9.90. The third-order valence-electron chi connectivity index (χ3n) is 4.12. The SMILES string of the molecule is O=C(Nc1cccc2c1CCCC2)c1ccc(C(F)(F)F)cc1. The fraction of sp³-hybridized carbons (Fsp3) is 0.278. The lowest BCUT2D eigenvalue weighted by molar-refractivity contribution is -0.137. The van der Waals surface area contributed by atoms with Gasteiger partial charge < -0.3 is 5.32 Å². The molecule has 0 atom stereocenters. The Labute approximate surface area is 132 Å². The van der Waals surface area contributed by atoms with Gasteiger partial charge in [-0.2, -0.15) is 13.2 Å². The molecule has 23 heavy (non-hydrogen) atoms. The topological polar surface area (TPSA) is 29.1 Å². The molecule has 0 bridgehead atoms. The van der Waals surface area contributed by atoms with Crippen LogP contribution in [0.1, 0.15) is 39.9 Å². The average Bonchev–Trinajstić information content (AvgIpc) is 2.54. The standard InChI is InChI=1S/C18H16F3NO/c19-18(20,21)14-10-8-13(9-11-14)17(23)22-16-7-3-5-12-4-1-2-6-15(12)16/h3,5,7-11H,1-2,4,6H2,(H,22,23). The lowest BCUT2D eigenvalue weighted by Crippen LogP contribution is -2.16. The van der Waals surface area contributed by atoms with E-state index in [1.54, 1.807) is 0 Å². The zero-order valence-electron chi connectivity index (χ0n) is 12.4. The van der Waals surface area contributed by atoms with Crippen molar-refractivity contribution in [1.29, 1.82) is 0 Å². The number of benzene rings is 2. The first kappa shape index (κ1) is 15.6. The van der Waals surface area contributed by atoms with Crippen LogP contribution in [0.15, 0.2) is 42.5 Å². The van der Waals surface area contributed by atoms with Crippen molar-refractivity contribution in [1.82, 2.24) is 0 Å². The van der Waals surface area contributed by atoms with Crippen LogP contribution in [0.5, 0.6) is 0 Å². The molecule has 1 aliphatic rings.